The zero-order chi connectivity index (χ0) is 22.0. The van der Waals surface area contributed by atoms with E-state index in [0.29, 0.717) is 31.0 Å². The molecule has 0 radical (unpaired) electrons. The second-order valence-corrected chi connectivity index (χ2v) is 8.74. The molecule has 0 spiro atoms. The molecule has 0 bridgehead atoms. The number of hydrogen-bond acceptors (Lipinski definition) is 7. The molecule has 0 aliphatic rings. The van der Waals surface area contributed by atoms with Crippen molar-refractivity contribution in [3.8, 4) is 0 Å². The quantitative estimate of drug-likeness (QED) is 0.331. The van der Waals surface area contributed by atoms with Gasteiger partial charge < -0.3 is 25.1 Å². The van der Waals surface area contributed by atoms with Crippen LogP contribution in [0.3, 0.4) is 0 Å². The van der Waals surface area contributed by atoms with Crippen LogP contribution >= 0.6 is 0 Å². The molecule has 29 heavy (non-hydrogen) atoms. The third kappa shape index (κ3) is 7.42. The Hall–Kier alpha value is -1.39. The third-order valence-electron chi connectivity index (χ3n) is 4.77. The largest absolute Gasteiger partial charge is 0.395 e. The fraction of sp³-hybridized carbons (Fsp3) is 0.700. The van der Waals surface area contributed by atoms with Gasteiger partial charge in [-0.05, 0) is 31.4 Å². The Labute approximate surface area is 175 Å². The minimum Gasteiger partial charge on any atom is -0.395 e. The summed E-state index contributed by atoms with van der Waals surface area (Å²) in [5, 5.41) is 34.6. The van der Waals surface area contributed by atoms with Crippen LogP contribution in [0.1, 0.15) is 64.7 Å². The first-order chi connectivity index (χ1) is 13.7. The summed E-state index contributed by atoms with van der Waals surface area (Å²) in [5.74, 6) is 0. The first-order valence-corrected chi connectivity index (χ1v) is 11.9. The lowest BCUT2D eigenvalue weighted by molar-refractivity contribution is -0.0426. The van der Waals surface area contributed by atoms with Crippen molar-refractivity contribution in [1.29, 1.82) is 0 Å². The van der Waals surface area contributed by atoms with E-state index in [1.54, 1.807) is 6.07 Å². The maximum absolute atomic E-state index is 12.5. The first kappa shape index (κ1) is 25.6. The minimum absolute atomic E-state index is 0.0752. The van der Waals surface area contributed by atoms with Gasteiger partial charge in [-0.1, -0.05) is 33.6 Å². The van der Waals surface area contributed by atoms with Gasteiger partial charge in [-0.3, -0.25) is 0 Å². The molecule has 168 valence electrons. The molecule has 5 N–H and O–H groups in total. The second-order valence-electron chi connectivity index (χ2n) is 7.21. The van der Waals surface area contributed by atoms with Crippen LogP contribution in [-0.4, -0.2) is 56.5 Å². The van der Waals surface area contributed by atoms with Gasteiger partial charge in [0.2, 0.25) is 10.0 Å². The average molecular weight is 432 g/mol. The molecule has 8 nitrogen and oxygen atoms in total. The summed E-state index contributed by atoms with van der Waals surface area (Å²) >= 11 is 0. The highest BCUT2D eigenvalue weighted by atomic mass is 32.2. The molecular formula is C20H37N3O5S. The Morgan fingerprint density at radius 2 is 1.52 bits per heavy atom. The normalized spacial score (nSPS) is 11.9. The number of rotatable bonds is 14. The van der Waals surface area contributed by atoms with E-state index in [1.165, 1.54) is 6.07 Å². The number of anilines is 2. The summed E-state index contributed by atoms with van der Waals surface area (Å²) in [6.07, 6.45) is 2.69. The Morgan fingerprint density at radius 1 is 0.931 bits per heavy atom. The Bertz CT molecular complexity index is 711. The summed E-state index contributed by atoms with van der Waals surface area (Å²) in [5.41, 5.74) is 1.09. The predicted octanol–water partition coefficient (Wildman–Crippen LogP) is 1.93. The number of aliphatic hydroxyl groups is 3. The molecule has 0 saturated carbocycles. The Kier molecular flexibility index (Phi) is 10.9. The van der Waals surface area contributed by atoms with Crippen LogP contribution in [0.5, 0.6) is 0 Å². The van der Waals surface area contributed by atoms with E-state index in [0.717, 1.165) is 32.1 Å². The summed E-state index contributed by atoms with van der Waals surface area (Å²) < 4.78 is 24.9. The van der Waals surface area contributed by atoms with Crippen LogP contribution in [-0.2, 0) is 10.0 Å². The predicted molar refractivity (Wildman–Crippen MR) is 117 cm³/mol. The SMILES string of the molecule is CCCCN(CCCC)c1cc(C(O)O)cc(S(N)(=O)=O)c1N(CCC)CCO. The van der Waals surface area contributed by atoms with Gasteiger partial charge in [-0.15, -0.1) is 0 Å². The van der Waals surface area contributed by atoms with Crippen molar-refractivity contribution in [2.75, 3.05) is 42.6 Å². The highest BCUT2D eigenvalue weighted by molar-refractivity contribution is 7.89. The maximum atomic E-state index is 12.5. The molecule has 0 amide bonds. The lowest BCUT2D eigenvalue weighted by Crippen LogP contribution is -2.34. The van der Waals surface area contributed by atoms with Crippen molar-refractivity contribution in [3.05, 3.63) is 17.7 Å². The van der Waals surface area contributed by atoms with Gasteiger partial charge in [-0.2, -0.15) is 0 Å². The molecule has 0 heterocycles. The average Bonchev–Trinajstić information content (AvgIpc) is 2.66. The molecule has 0 atom stereocenters. The van der Waals surface area contributed by atoms with Crippen molar-refractivity contribution in [2.24, 2.45) is 5.14 Å². The van der Waals surface area contributed by atoms with Crippen molar-refractivity contribution in [2.45, 2.75) is 64.1 Å². The number of benzene rings is 1. The highest BCUT2D eigenvalue weighted by Gasteiger charge is 2.27. The monoisotopic (exact) mass is 431 g/mol. The molecule has 0 saturated heterocycles. The topological polar surface area (TPSA) is 127 Å². The van der Waals surface area contributed by atoms with Gasteiger partial charge in [-0.25, -0.2) is 13.6 Å². The Balaban J connectivity index is 3.80. The standard InChI is InChI=1S/C20H37N3O5S/c1-4-7-10-22(11-8-5-2)17-14-16(20(25)26)15-18(29(21,27)28)19(17)23(9-6-3)12-13-24/h14-15,20,24-26H,4-13H2,1-3H3,(H2,21,27,28). The van der Waals surface area contributed by atoms with Crippen molar-refractivity contribution < 1.29 is 23.7 Å². The first-order valence-electron chi connectivity index (χ1n) is 10.4. The molecule has 0 aliphatic heterocycles. The molecule has 0 aromatic heterocycles. The second kappa shape index (κ2) is 12.3. The Morgan fingerprint density at radius 3 is 1.93 bits per heavy atom. The van der Waals surface area contributed by atoms with Gasteiger partial charge in [0.25, 0.3) is 0 Å². The van der Waals surface area contributed by atoms with Crippen LogP contribution in [0, 0.1) is 0 Å². The molecular weight excluding hydrogens is 394 g/mol. The zero-order valence-corrected chi connectivity index (χ0v) is 18.7. The van der Waals surface area contributed by atoms with E-state index >= 15 is 0 Å². The van der Waals surface area contributed by atoms with Crippen LogP contribution < -0.4 is 14.9 Å². The maximum Gasteiger partial charge on any atom is 0.240 e. The number of nitrogens with zero attached hydrogens (tertiary/aromatic N) is 2. The highest BCUT2D eigenvalue weighted by Crippen LogP contribution is 2.38. The molecule has 0 fully saturated rings. The van der Waals surface area contributed by atoms with Crippen LogP contribution in [0.25, 0.3) is 0 Å². The molecule has 9 heteroatoms. The van der Waals surface area contributed by atoms with Crippen molar-refractivity contribution in [1.82, 2.24) is 0 Å². The van der Waals surface area contributed by atoms with Gasteiger partial charge in [0, 0.05) is 31.7 Å². The van der Waals surface area contributed by atoms with Gasteiger partial charge >= 0.3 is 0 Å². The lowest BCUT2D eigenvalue weighted by Gasteiger charge is -2.34. The minimum atomic E-state index is -4.14. The number of nitrogens with two attached hydrogens (primary N) is 1. The van der Waals surface area contributed by atoms with Crippen LogP contribution in [0.2, 0.25) is 0 Å². The molecule has 1 aromatic carbocycles. The zero-order valence-electron chi connectivity index (χ0n) is 17.8. The number of aliphatic hydroxyl groups excluding tert-OH is 2. The van der Waals surface area contributed by atoms with Crippen molar-refractivity contribution in [3.63, 3.8) is 0 Å². The fourth-order valence-electron chi connectivity index (χ4n) is 3.32. The van der Waals surface area contributed by atoms with Gasteiger partial charge in [0.1, 0.15) is 4.90 Å². The van der Waals surface area contributed by atoms with Crippen molar-refractivity contribution >= 4 is 21.4 Å². The van der Waals surface area contributed by atoms with Gasteiger partial charge in [0.05, 0.1) is 18.0 Å². The van der Waals surface area contributed by atoms with Crippen LogP contribution in [0.4, 0.5) is 11.4 Å². The van der Waals surface area contributed by atoms with E-state index in [2.05, 4.69) is 18.7 Å². The summed E-state index contributed by atoms with van der Waals surface area (Å²) in [6, 6.07) is 2.84. The smallest absolute Gasteiger partial charge is 0.240 e. The number of sulfonamides is 1. The number of unbranched alkanes of at least 4 members (excludes halogenated alkanes) is 2. The van der Waals surface area contributed by atoms with E-state index in [-0.39, 0.29) is 23.6 Å². The van der Waals surface area contributed by atoms with E-state index in [9.17, 15) is 23.7 Å². The molecule has 0 unspecified atom stereocenters. The van der Waals surface area contributed by atoms with E-state index < -0.39 is 16.3 Å². The lowest BCUT2D eigenvalue weighted by atomic mass is 10.1. The van der Waals surface area contributed by atoms with Gasteiger partial charge in [0.15, 0.2) is 6.29 Å². The van der Waals surface area contributed by atoms with Crippen LogP contribution in [0.15, 0.2) is 17.0 Å². The summed E-state index contributed by atoms with van der Waals surface area (Å²) in [7, 11) is -4.14. The fourth-order valence-corrected chi connectivity index (χ4v) is 4.12. The van der Waals surface area contributed by atoms with E-state index in [1.807, 2.05) is 11.8 Å². The molecule has 0 aliphatic carbocycles. The summed E-state index contributed by atoms with van der Waals surface area (Å²) in [6.45, 7) is 8.19. The summed E-state index contributed by atoms with van der Waals surface area (Å²) in [4.78, 5) is 3.74. The molecule has 1 aromatic rings. The van der Waals surface area contributed by atoms with E-state index in [4.69, 9.17) is 5.14 Å². The third-order valence-corrected chi connectivity index (χ3v) is 5.69. The molecule has 1 rings (SSSR count). The number of primary sulfonamides is 1. The number of hydrogen-bond donors (Lipinski definition) is 4.